The van der Waals surface area contributed by atoms with E-state index in [2.05, 4.69) is 0 Å². The highest BCUT2D eigenvalue weighted by Crippen LogP contribution is 2.47. The number of hydrogen-bond donors (Lipinski definition) is 1. The number of rotatable bonds is 7. The van der Waals surface area contributed by atoms with Gasteiger partial charge >= 0.3 is 0 Å². The number of carbonyl (C=O) groups is 1. The zero-order valence-electron chi connectivity index (χ0n) is 21.7. The van der Waals surface area contributed by atoms with Crippen LogP contribution in [0.1, 0.15) is 59.8 Å². The lowest BCUT2D eigenvalue weighted by atomic mass is 9.81. The molecule has 0 fully saturated rings. The highest BCUT2D eigenvalue weighted by Gasteiger charge is 2.48. The summed E-state index contributed by atoms with van der Waals surface area (Å²) in [4.78, 5) is 14.0. The molecule has 0 saturated carbocycles. The van der Waals surface area contributed by atoms with Crippen molar-refractivity contribution >= 4 is 11.9 Å². The molecule has 6 nitrogen and oxygen atoms in total. The Morgan fingerprint density at radius 2 is 1.84 bits per heavy atom. The zero-order chi connectivity index (χ0) is 26.2. The Labute approximate surface area is 217 Å². The van der Waals surface area contributed by atoms with Crippen LogP contribution < -0.4 is 18.9 Å². The molecule has 0 bridgehead atoms. The van der Waals surface area contributed by atoms with Gasteiger partial charge in [-0.2, -0.15) is 0 Å². The van der Waals surface area contributed by atoms with Crippen LogP contribution in [0.3, 0.4) is 0 Å². The van der Waals surface area contributed by atoms with Crippen LogP contribution in [0.2, 0.25) is 0 Å². The molecule has 2 heterocycles. The van der Waals surface area contributed by atoms with E-state index >= 15 is 0 Å². The van der Waals surface area contributed by atoms with Crippen molar-refractivity contribution in [2.24, 2.45) is 0 Å². The fourth-order valence-electron chi connectivity index (χ4n) is 4.71. The average molecular weight is 501 g/mol. The molecule has 0 spiro atoms. The first-order valence-electron chi connectivity index (χ1n) is 12.6. The first-order valence-corrected chi connectivity index (χ1v) is 12.6. The topological polar surface area (TPSA) is 74.2 Å². The maximum atomic E-state index is 14.0. The van der Waals surface area contributed by atoms with Crippen molar-refractivity contribution in [2.45, 2.75) is 51.9 Å². The van der Waals surface area contributed by atoms with Gasteiger partial charge in [-0.1, -0.05) is 37.3 Å². The molecule has 2 aliphatic rings. The number of benzene rings is 3. The molecule has 5 rings (SSSR count). The second kappa shape index (κ2) is 9.60. The minimum absolute atomic E-state index is 0.247. The number of fused-ring (bicyclic) bond motifs is 3. The van der Waals surface area contributed by atoms with Crippen molar-refractivity contribution in [3.8, 4) is 23.0 Å². The van der Waals surface area contributed by atoms with E-state index in [1.807, 2.05) is 76.2 Å². The van der Waals surface area contributed by atoms with Gasteiger partial charge < -0.3 is 24.1 Å². The van der Waals surface area contributed by atoms with Gasteiger partial charge in [-0.05, 0) is 68.7 Å². The molecule has 1 N–H and O–H groups in total. The minimum Gasteiger partial charge on any atom is -0.493 e. The fraction of sp³-hybridized carbons (Fsp3) is 0.323. The summed E-state index contributed by atoms with van der Waals surface area (Å²) >= 11 is 0. The summed E-state index contributed by atoms with van der Waals surface area (Å²) in [6.07, 6.45) is 4.71. The van der Waals surface area contributed by atoms with E-state index in [1.165, 1.54) is 0 Å². The number of ketones is 1. The van der Waals surface area contributed by atoms with Crippen LogP contribution in [0.15, 0.2) is 60.7 Å². The fourth-order valence-corrected chi connectivity index (χ4v) is 4.71. The quantitative estimate of drug-likeness (QED) is 0.428. The molecule has 0 aliphatic carbocycles. The molecule has 0 amide bonds. The van der Waals surface area contributed by atoms with Crippen LogP contribution >= 0.6 is 0 Å². The summed E-state index contributed by atoms with van der Waals surface area (Å²) in [6, 6.07) is 16.7. The standard InChI is InChI=1S/C31H32O6/c1-5-15-34-22-11-12-24(26(17-22)35-18-21-9-7-6-8-10-21)31(33)19-36-28-23-13-14-30(3,4)37-25(23)16-20(2)27(28)29(31)32/h6-14,16-17,33H,5,15,18-19H2,1-4H3. The van der Waals surface area contributed by atoms with Crippen LogP contribution in [-0.4, -0.2) is 29.7 Å². The van der Waals surface area contributed by atoms with Crippen LogP contribution in [0.25, 0.3) is 6.08 Å². The molecule has 0 saturated heterocycles. The third-order valence-electron chi connectivity index (χ3n) is 6.64. The van der Waals surface area contributed by atoms with Gasteiger partial charge in [0.1, 0.15) is 41.8 Å². The summed E-state index contributed by atoms with van der Waals surface area (Å²) in [5.41, 5.74) is 0.652. The van der Waals surface area contributed by atoms with E-state index < -0.39 is 17.0 Å². The second-order valence-electron chi connectivity index (χ2n) is 10.1. The van der Waals surface area contributed by atoms with Gasteiger partial charge in [0.15, 0.2) is 5.60 Å². The normalized spacial score (nSPS) is 19.3. The molecule has 37 heavy (non-hydrogen) atoms. The average Bonchev–Trinajstić information content (AvgIpc) is 2.88. The summed E-state index contributed by atoms with van der Waals surface area (Å²) in [7, 11) is 0. The van der Waals surface area contributed by atoms with Crippen molar-refractivity contribution in [3.63, 3.8) is 0 Å². The first-order chi connectivity index (χ1) is 17.7. The van der Waals surface area contributed by atoms with Gasteiger partial charge in [0, 0.05) is 11.6 Å². The van der Waals surface area contributed by atoms with E-state index in [9.17, 15) is 9.90 Å². The molecule has 3 aromatic rings. The maximum absolute atomic E-state index is 14.0. The number of carbonyl (C=O) groups excluding carboxylic acids is 1. The number of Topliss-reactive ketones (excluding diaryl/α,β-unsaturated/α-hetero) is 1. The van der Waals surface area contributed by atoms with Crippen LogP contribution in [-0.2, 0) is 12.2 Å². The third kappa shape index (κ3) is 4.69. The number of aryl methyl sites for hydroxylation is 1. The van der Waals surface area contributed by atoms with Gasteiger partial charge in [0.2, 0.25) is 5.78 Å². The Morgan fingerprint density at radius 1 is 1.05 bits per heavy atom. The predicted octanol–water partition coefficient (Wildman–Crippen LogP) is 6.01. The lowest BCUT2D eigenvalue weighted by molar-refractivity contribution is -0.00705. The SMILES string of the molecule is CCCOc1ccc(C2(O)COc3c4c(cc(C)c3C2=O)OC(C)(C)C=C4)c(OCc2ccccc2)c1. The van der Waals surface area contributed by atoms with Gasteiger partial charge in [0.25, 0.3) is 0 Å². The highest BCUT2D eigenvalue weighted by atomic mass is 16.5. The van der Waals surface area contributed by atoms with E-state index in [4.69, 9.17) is 18.9 Å². The van der Waals surface area contributed by atoms with Gasteiger partial charge in [0.05, 0.1) is 17.7 Å². The van der Waals surface area contributed by atoms with E-state index in [0.717, 1.165) is 12.0 Å². The smallest absolute Gasteiger partial charge is 0.206 e. The molecular formula is C31H32O6. The summed E-state index contributed by atoms with van der Waals surface area (Å²) in [5.74, 6) is 1.65. The molecule has 0 radical (unpaired) electrons. The maximum Gasteiger partial charge on any atom is 0.206 e. The Kier molecular flexibility index (Phi) is 6.46. The lowest BCUT2D eigenvalue weighted by Gasteiger charge is -2.36. The van der Waals surface area contributed by atoms with Gasteiger partial charge in [-0.15, -0.1) is 0 Å². The van der Waals surface area contributed by atoms with E-state index in [1.54, 1.807) is 18.2 Å². The van der Waals surface area contributed by atoms with Crippen molar-refractivity contribution in [2.75, 3.05) is 13.2 Å². The minimum atomic E-state index is -1.93. The Morgan fingerprint density at radius 3 is 2.59 bits per heavy atom. The molecule has 3 aromatic carbocycles. The molecular weight excluding hydrogens is 468 g/mol. The highest BCUT2D eigenvalue weighted by molar-refractivity contribution is 6.08. The molecule has 0 aromatic heterocycles. The zero-order valence-corrected chi connectivity index (χ0v) is 21.7. The van der Waals surface area contributed by atoms with Crippen LogP contribution in [0, 0.1) is 6.92 Å². The summed E-state index contributed by atoms with van der Waals surface area (Å²) < 4.78 is 24.2. The molecule has 192 valence electrons. The summed E-state index contributed by atoms with van der Waals surface area (Å²) in [5, 5.41) is 11.9. The van der Waals surface area contributed by atoms with Crippen molar-refractivity contribution < 1.29 is 28.8 Å². The third-order valence-corrected chi connectivity index (χ3v) is 6.64. The van der Waals surface area contributed by atoms with E-state index in [-0.39, 0.29) is 13.2 Å². The van der Waals surface area contributed by atoms with Crippen molar-refractivity contribution in [1.82, 2.24) is 0 Å². The number of aliphatic hydroxyl groups is 1. The monoisotopic (exact) mass is 500 g/mol. The molecule has 1 atom stereocenters. The van der Waals surface area contributed by atoms with E-state index in [0.29, 0.717) is 51.9 Å². The second-order valence-corrected chi connectivity index (χ2v) is 10.1. The number of ether oxygens (including phenoxy) is 4. The predicted molar refractivity (Wildman–Crippen MR) is 142 cm³/mol. The Balaban J connectivity index is 1.54. The lowest BCUT2D eigenvalue weighted by Crippen LogP contribution is -2.46. The number of hydrogen-bond acceptors (Lipinski definition) is 6. The molecule has 6 heteroatoms. The van der Waals surface area contributed by atoms with Gasteiger partial charge in [-0.3, -0.25) is 4.79 Å². The van der Waals surface area contributed by atoms with Crippen LogP contribution in [0.5, 0.6) is 23.0 Å². The summed E-state index contributed by atoms with van der Waals surface area (Å²) in [6.45, 7) is 8.37. The first kappa shape index (κ1) is 24.9. The van der Waals surface area contributed by atoms with Gasteiger partial charge in [-0.25, -0.2) is 0 Å². The van der Waals surface area contributed by atoms with Crippen molar-refractivity contribution in [1.29, 1.82) is 0 Å². The van der Waals surface area contributed by atoms with Crippen LogP contribution in [0.4, 0.5) is 0 Å². The largest absolute Gasteiger partial charge is 0.493 e. The molecule has 1 unspecified atom stereocenters. The Bertz CT molecular complexity index is 1360. The molecule has 2 aliphatic heterocycles. The Hall–Kier alpha value is -3.77. The van der Waals surface area contributed by atoms with Crippen molar-refractivity contribution in [3.05, 3.63) is 88.5 Å².